The highest BCUT2D eigenvalue weighted by molar-refractivity contribution is 6.01. The van der Waals surface area contributed by atoms with Crippen LogP contribution in [0.2, 0.25) is 0 Å². The van der Waals surface area contributed by atoms with Crippen LogP contribution in [0.3, 0.4) is 0 Å². The summed E-state index contributed by atoms with van der Waals surface area (Å²) in [7, 11) is 0. The smallest absolute Gasteiger partial charge is 0.308 e. The Hall–Kier alpha value is -6.91. The molecule has 0 fully saturated rings. The summed E-state index contributed by atoms with van der Waals surface area (Å²) in [6, 6.07) is 45.2. The molecule has 0 spiro atoms. The second-order valence-electron chi connectivity index (χ2n) is 13.9. The van der Waals surface area contributed by atoms with Gasteiger partial charge in [-0.2, -0.15) is 0 Å². The predicted molar refractivity (Wildman–Crippen MR) is 228 cm³/mol. The van der Waals surface area contributed by atoms with Crippen LogP contribution in [0.1, 0.15) is 46.3 Å². The van der Waals surface area contributed by atoms with Gasteiger partial charge in [-0.25, -0.2) is 14.4 Å². The Kier molecular flexibility index (Phi) is 12.8. The molecule has 1 atom stereocenters. The Morgan fingerprint density at radius 2 is 0.750 bits per heavy atom. The molecule has 0 saturated heterocycles. The maximum Gasteiger partial charge on any atom is 0.323 e. The summed E-state index contributed by atoms with van der Waals surface area (Å²) >= 11 is 0. The minimum atomic E-state index is -0.332. The predicted octanol–water partition coefficient (Wildman–Crippen LogP) is 11.3. The molecule has 10 nitrogen and oxygen atoms in total. The number of rotatable bonds is 12. The molecule has 284 valence electrons. The highest BCUT2D eigenvalue weighted by Crippen LogP contribution is 2.28. The summed E-state index contributed by atoms with van der Waals surface area (Å²) in [4.78, 5) is 41.0. The summed E-state index contributed by atoms with van der Waals surface area (Å²) in [5.41, 5.74) is 10.4. The molecule has 10 heteroatoms. The summed E-state index contributed by atoms with van der Waals surface area (Å²) in [5, 5.41) is 17.6. The van der Waals surface area contributed by atoms with E-state index < -0.39 is 0 Å². The number of nitrogens with zero attached hydrogens (tertiary/aromatic N) is 1. The summed E-state index contributed by atoms with van der Waals surface area (Å²) in [6.45, 7) is 9.19. The van der Waals surface area contributed by atoms with Crippen LogP contribution in [0.4, 0.5) is 48.5 Å². The van der Waals surface area contributed by atoms with Gasteiger partial charge in [-0.3, -0.25) is 4.90 Å². The van der Waals surface area contributed by atoms with Crippen LogP contribution in [-0.4, -0.2) is 23.0 Å². The van der Waals surface area contributed by atoms with Gasteiger partial charge in [-0.1, -0.05) is 89.5 Å². The van der Waals surface area contributed by atoms with E-state index in [1.807, 2.05) is 166 Å². The lowest BCUT2D eigenvalue weighted by atomic mass is 10.0. The molecule has 0 radical (unpaired) electrons. The van der Waals surface area contributed by atoms with Crippen LogP contribution < -0.4 is 31.9 Å². The zero-order valence-electron chi connectivity index (χ0n) is 32.0. The lowest BCUT2D eigenvalue weighted by Gasteiger charge is -2.30. The van der Waals surface area contributed by atoms with Crippen LogP contribution in [0.5, 0.6) is 0 Å². The summed E-state index contributed by atoms with van der Waals surface area (Å²) < 4.78 is 0. The topological polar surface area (TPSA) is 127 Å². The van der Waals surface area contributed by atoms with Gasteiger partial charge in [0.05, 0.1) is 0 Å². The van der Waals surface area contributed by atoms with E-state index >= 15 is 0 Å². The first kappa shape index (κ1) is 38.8. The average Bonchev–Trinajstić information content (AvgIpc) is 3.17. The summed E-state index contributed by atoms with van der Waals surface area (Å²) in [5.74, 6) is 0. The molecular weight excluding hydrogens is 699 g/mol. The van der Waals surface area contributed by atoms with Crippen molar-refractivity contribution in [3.63, 3.8) is 0 Å². The Bertz CT molecular complexity index is 2170. The van der Waals surface area contributed by atoms with Gasteiger partial charge in [0.15, 0.2) is 0 Å². The monoisotopic (exact) mass is 745 g/mol. The van der Waals surface area contributed by atoms with Crippen molar-refractivity contribution in [2.75, 3.05) is 31.9 Å². The van der Waals surface area contributed by atoms with Crippen molar-refractivity contribution in [3.05, 3.63) is 179 Å². The standard InChI is InChI=1S/C46H47N7O3/c1-31-14-20-38(21-15-31)47-44(54)50-41-11-5-8-35(26-41)29-53(30-36-9-6-12-42(27-36)51-45(55)48-39-22-16-32(2)17-23-39)34(4)37-10-7-13-43(28-37)52-46(56)49-40-24-18-33(3)19-25-40/h5-28,34H,29-30H2,1-4H3,(H2,47,50,54)(H2,48,51,55)(H2,49,52,56)/t34-/m1/s1. The zero-order valence-corrected chi connectivity index (χ0v) is 32.0. The van der Waals surface area contributed by atoms with Gasteiger partial charge in [0.2, 0.25) is 0 Å². The fourth-order valence-corrected chi connectivity index (χ4v) is 6.17. The Labute approximate surface area is 328 Å². The molecule has 56 heavy (non-hydrogen) atoms. The van der Waals surface area contributed by atoms with Crippen molar-refractivity contribution in [2.24, 2.45) is 0 Å². The number of aryl methyl sites for hydroxylation is 3. The van der Waals surface area contributed by atoms with Crippen LogP contribution in [0, 0.1) is 20.8 Å². The zero-order chi connectivity index (χ0) is 39.4. The molecule has 6 amide bonds. The van der Waals surface area contributed by atoms with E-state index in [0.717, 1.165) is 33.4 Å². The van der Waals surface area contributed by atoms with E-state index in [9.17, 15) is 14.4 Å². The quantitative estimate of drug-likeness (QED) is 0.0745. The number of hydrogen-bond donors (Lipinski definition) is 6. The van der Waals surface area contributed by atoms with Gasteiger partial charge in [-0.15, -0.1) is 0 Å². The fourth-order valence-electron chi connectivity index (χ4n) is 6.17. The van der Waals surface area contributed by atoms with E-state index in [1.165, 1.54) is 0 Å². The fraction of sp³-hybridized carbons (Fsp3) is 0.152. The molecule has 6 aromatic rings. The van der Waals surface area contributed by atoms with E-state index in [4.69, 9.17) is 0 Å². The van der Waals surface area contributed by atoms with E-state index in [2.05, 4.69) is 43.7 Å². The minimum absolute atomic E-state index is 0.111. The first-order chi connectivity index (χ1) is 27.0. The Balaban J connectivity index is 1.19. The van der Waals surface area contributed by atoms with E-state index in [1.54, 1.807) is 0 Å². The van der Waals surface area contributed by atoms with Crippen LogP contribution in [0.25, 0.3) is 0 Å². The minimum Gasteiger partial charge on any atom is -0.308 e. The average molecular weight is 746 g/mol. The third-order valence-electron chi connectivity index (χ3n) is 9.24. The third-order valence-corrected chi connectivity index (χ3v) is 9.24. The van der Waals surface area contributed by atoms with Gasteiger partial charge < -0.3 is 31.9 Å². The molecule has 6 N–H and O–H groups in total. The molecule has 0 aliphatic heterocycles. The molecule has 0 unspecified atom stereocenters. The molecule has 6 aromatic carbocycles. The number of nitrogens with one attached hydrogen (secondary N) is 6. The Morgan fingerprint density at radius 1 is 0.429 bits per heavy atom. The highest BCUT2D eigenvalue weighted by atomic mass is 16.2. The lowest BCUT2D eigenvalue weighted by Crippen LogP contribution is -2.27. The second-order valence-corrected chi connectivity index (χ2v) is 13.9. The number of amides is 6. The highest BCUT2D eigenvalue weighted by Gasteiger charge is 2.19. The maximum absolute atomic E-state index is 12.9. The molecule has 0 heterocycles. The first-order valence-corrected chi connectivity index (χ1v) is 18.5. The number of anilines is 6. The first-order valence-electron chi connectivity index (χ1n) is 18.5. The van der Waals surface area contributed by atoms with Crippen molar-refractivity contribution >= 4 is 52.2 Å². The number of urea groups is 3. The Morgan fingerprint density at radius 3 is 1.12 bits per heavy atom. The summed E-state index contributed by atoms with van der Waals surface area (Å²) in [6.07, 6.45) is 0. The van der Waals surface area contributed by atoms with Crippen molar-refractivity contribution < 1.29 is 14.4 Å². The maximum atomic E-state index is 12.9. The number of carbonyl (C=O) groups is 3. The van der Waals surface area contributed by atoms with Crippen molar-refractivity contribution in [1.82, 2.24) is 4.90 Å². The van der Waals surface area contributed by atoms with E-state index in [-0.39, 0.29) is 24.1 Å². The normalized spacial score (nSPS) is 11.3. The number of benzene rings is 6. The second kappa shape index (κ2) is 18.4. The third kappa shape index (κ3) is 11.5. The van der Waals surface area contributed by atoms with Gasteiger partial charge in [0.1, 0.15) is 0 Å². The number of carbonyl (C=O) groups excluding carboxylic acids is 3. The molecule has 0 saturated carbocycles. The molecule has 0 aromatic heterocycles. The molecule has 0 aliphatic rings. The molecule has 0 bridgehead atoms. The van der Waals surface area contributed by atoms with Gasteiger partial charge in [0.25, 0.3) is 0 Å². The van der Waals surface area contributed by atoms with Crippen molar-refractivity contribution in [3.8, 4) is 0 Å². The van der Waals surface area contributed by atoms with Gasteiger partial charge in [-0.05, 0) is 117 Å². The van der Waals surface area contributed by atoms with Gasteiger partial charge >= 0.3 is 18.1 Å². The van der Waals surface area contributed by atoms with Crippen LogP contribution in [0.15, 0.2) is 146 Å². The SMILES string of the molecule is Cc1ccc(NC(=O)Nc2cccc(CN(Cc3cccc(NC(=O)Nc4ccc(C)cc4)c3)[C@H](C)c3cccc(NC(=O)Nc4ccc(C)cc4)c3)c2)cc1. The van der Waals surface area contributed by atoms with Gasteiger partial charge in [0, 0.05) is 53.3 Å². The van der Waals surface area contributed by atoms with Crippen LogP contribution in [-0.2, 0) is 13.1 Å². The molecule has 0 aliphatic carbocycles. The molecular formula is C46H47N7O3. The van der Waals surface area contributed by atoms with Crippen molar-refractivity contribution in [2.45, 2.75) is 46.8 Å². The molecule has 6 rings (SSSR count). The van der Waals surface area contributed by atoms with Crippen molar-refractivity contribution in [1.29, 1.82) is 0 Å². The van der Waals surface area contributed by atoms with E-state index in [0.29, 0.717) is 47.2 Å². The largest absolute Gasteiger partial charge is 0.323 e. The number of hydrogen-bond acceptors (Lipinski definition) is 4. The lowest BCUT2D eigenvalue weighted by molar-refractivity contribution is 0.192. The van der Waals surface area contributed by atoms with Crippen LogP contribution >= 0.6 is 0 Å².